The van der Waals surface area contributed by atoms with E-state index < -0.39 is 46.5 Å². The van der Waals surface area contributed by atoms with Gasteiger partial charge in [-0.05, 0) is 20.8 Å². The van der Waals surface area contributed by atoms with Crippen molar-refractivity contribution >= 4 is 0 Å². The van der Waals surface area contributed by atoms with Crippen molar-refractivity contribution in [3.05, 3.63) is 34.6 Å². The minimum absolute atomic E-state index is 0.953. The van der Waals surface area contributed by atoms with Crippen LogP contribution in [0, 0.1) is 29.1 Å². The third-order valence-electron chi connectivity index (χ3n) is 1.88. The average Bonchev–Trinajstić information content (AvgIpc) is 2.31. The van der Waals surface area contributed by atoms with Crippen LogP contribution in [0.15, 0.2) is 0 Å². The predicted octanol–water partition coefficient (Wildman–Crippen LogP) is 3.12. The van der Waals surface area contributed by atoms with Crippen LogP contribution in [0.3, 0.4) is 0 Å². The van der Waals surface area contributed by atoms with Crippen LogP contribution in [0.5, 0.6) is 0 Å². The number of hydrogen-bond donors (Lipinski definition) is 1. The summed E-state index contributed by atoms with van der Waals surface area (Å²) in [4.78, 5) is 8.77. The van der Waals surface area contributed by atoms with E-state index in [1.54, 1.807) is 0 Å². The topological polar surface area (TPSA) is 38.7 Å². The molecule has 1 aromatic rings. The summed E-state index contributed by atoms with van der Waals surface area (Å²) in [6.45, 7) is 4.45. The van der Waals surface area contributed by atoms with Crippen LogP contribution in [0.25, 0.3) is 0 Å². The highest BCUT2D eigenvalue weighted by atomic mass is 19.2. The van der Waals surface area contributed by atoms with Crippen molar-refractivity contribution in [3.8, 4) is 0 Å². The lowest BCUT2D eigenvalue weighted by molar-refractivity contribution is -0.414. The van der Waals surface area contributed by atoms with Gasteiger partial charge in [-0.25, -0.2) is 26.8 Å². The van der Waals surface area contributed by atoms with Gasteiger partial charge < -0.3 is 5.11 Å². The molecule has 0 aliphatic carbocycles. The lowest BCUT2D eigenvalue weighted by atomic mass is 10.1. The summed E-state index contributed by atoms with van der Waals surface area (Å²) in [5, 5.41) is 9.30. The number of benzene rings is 1. The highest BCUT2D eigenvalue weighted by Crippen LogP contribution is 2.29. The highest BCUT2D eigenvalue weighted by Gasteiger charge is 2.31. The molecule has 0 heterocycles. The minimum Gasteiger partial charge on any atom is -0.362 e. The summed E-state index contributed by atoms with van der Waals surface area (Å²) in [7, 11) is 0. The zero-order valence-electron chi connectivity index (χ0n) is 10.2. The molecule has 0 aliphatic rings. The molecule has 0 aliphatic heterocycles. The van der Waals surface area contributed by atoms with Crippen LogP contribution < -0.4 is 0 Å². The van der Waals surface area contributed by atoms with E-state index in [0.717, 1.165) is 0 Å². The Balaban J connectivity index is 3.14. The van der Waals surface area contributed by atoms with Crippen LogP contribution in [-0.4, -0.2) is 10.7 Å². The number of halogens is 5. The molecule has 1 rings (SSSR count). The van der Waals surface area contributed by atoms with Gasteiger partial charge in [0, 0.05) is 0 Å². The van der Waals surface area contributed by atoms with Gasteiger partial charge >= 0.3 is 0 Å². The number of aliphatic hydroxyl groups is 1. The molecule has 0 fully saturated rings. The Morgan fingerprint density at radius 2 is 1.21 bits per heavy atom. The zero-order valence-corrected chi connectivity index (χ0v) is 10.2. The van der Waals surface area contributed by atoms with Gasteiger partial charge in [0.1, 0.15) is 0 Å². The Morgan fingerprint density at radius 3 is 1.58 bits per heavy atom. The zero-order chi connectivity index (χ0) is 15.0. The van der Waals surface area contributed by atoms with Crippen molar-refractivity contribution in [1.29, 1.82) is 0 Å². The largest absolute Gasteiger partial charge is 0.362 e. The van der Waals surface area contributed by atoms with Crippen LogP contribution in [0.4, 0.5) is 22.0 Å². The van der Waals surface area contributed by atoms with Crippen LogP contribution >= 0.6 is 0 Å². The Kier molecular flexibility index (Phi) is 4.49. The second-order valence-corrected chi connectivity index (χ2v) is 4.63. The van der Waals surface area contributed by atoms with Crippen molar-refractivity contribution in [3.63, 3.8) is 0 Å². The first-order chi connectivity index (χ1) is 8.56. The maximum atomic E-state index is 13.3. The van der Waals surface area contributed by atoms with Gasteiger partial charge in [-0.1, -0.05) is 0 Å². The normalized spacial score (nSPS) is 13.7. The molecule has 8 heteroatoms. The quantitative estimate of drug-likeness (QED) is 0.232. The maximum Gasteiger partial charge on any atom is 0.220 e. The first-order valence-electron chi connectivity index (χ1n) is 5.10. The fourth-order valence-corrected chi connectivity index (χ4v) is 1.08. The summed E-state index contributed by atoms with van der Waals surface area (Å²) < 4.78 is 65.0. The van der Waals surface area contributed by atoms with Crippen molar-refractivity contribution in [2.75, 3.05) is 0 Å². The van der Waals surface area contributed by atoms with Gasteiger partial charge in [-0.2, -0.15) is 4.89 Å². The summed E-state index contributed by atoms with van der Waals surface area (Å²) in [6, 6.07) is 0. The van der Waals surface area contributed by atoms with Crippen molar-refractivity contribution < 1.29 is 36.8 Å². The summed E-state index contributed by atoms with van der Waals surface area (Å²) in [6.07, 6.45) is -2.45. The Bertz CT molecular complexity index is 455. The average molecular weight is 286 g/mol. The van der Waals surface area contributed by atoms with Gasteiger partial charge in [0.05, 0.1) is 11.2 Å². The van der Waals surface area contributed by atoms with Gasteiger partial charge in [-0.15, -0.1) is 0 Å². The molecule has 0 radical (unpaired) electrons. The van der Waals surface area contributed by atoms with Gasteiger partial charge in [-0.3, -0.25) is 0 Å². The third-order valence-corrected chi connectivity index (χ3v) is 1.88. The Hall–Kier alpha value is -1.25. The smallest absolute Gasteiger partial charge is 0.220 e. The highest BCUT2D eigenvalue weighted by molar-refractivity contribution is 5.24. The molecule has 1 aromatic carbocycles. The molecule has 0 saturated carbocycles. The molecule has 3 nitrogen and oxygen atoms in total. The molecule has 19 heavy (non-hydrogen) atoms. The van der Waals surface area contributed by atoms with E-state index >= 15 is 0 Å². The van der Waals surface area contributed by atoms with E-state index in [-0.39, 0.29) is 0 Å². The lowest BCUT2D eigenvalue weighted by Gasteiger charge is -2.21. The summed E-state index contributed by atoms with van der Waals surface area (Å²) >= 11 is 0. The molecule has 0 saturated heterocycles. The van der Waals surface area contributed by atoms with E-state index in [1.165, 1.54) is 20.8 Å². The van der Waals surface area contributed by atoms with Gasteiger partial charge in [0.15, 0.2) is 23.3 Å². The maximum absolute atomic E-state index is 13.3. The predicted molar refractivity (Wildman–Crippen MR) is 53.1 cm³/mol. The molecule has 1 N–H and O–H groups in total. The third kappa shape index (κ3) is 3.40. The number of rotatable bonds is 3. The number of aliphatic hydroxyl groups excluding tert-OH is 1. The standard InChI is InChI=1S/C11H11F5O3/c1-11(2,3)19-18-10(17)4-5(12)7(14)9(16)8(15)6(4)13/h10,17H,1-3H3/t10-/m1/s1. The van der Waals surface area contributed by atoms with Crippen LogP contribution in [-0.2, 0) is 9.78 Å². The van der Waals surface area contributed by atoms with Crippen molar-refractivity contribution in [2.24, 2.45) is 0 Å². The fraction of sp³-hybridized carbons (Fsp3) is 0.455. The van der Waals surface area contributed by atoms with Crippen molar-refractivity contribution in [1.82, 2.24) is 0 Å². The molecular weight excluding hydrogens is 275 g/mol. The van der Waals surface area contributed by atoms with Crippen LogP contribution in [0.1, 0.15) is 32.6 Å². The molecule has 108 valence electrons. The molecule has 1 atom stereocenters. The molecule has 0 amide bonds. The molecule has 0 unspecified atom stereocenters. The minimum atomic E-state index is -2.45. The summed E-state index contributed by atoms with van der Waals surface area (Å²) in [5.41, 5.74) is -2.47. The monoisotopic (exact) mass is 286 g/mol. The molecular formula is C11H11F5O3. The van der Waals surface area contributed by atoms with E-state index in [2.05, 4.69) is 9.78 Å². The van der Waals surface area contributed by atoms with E-state index in [4.69, 9.17) is 0 Å². The Labute approximate surface area is 105 Å². The first-order valence-corrected chi connectivity index (χ1v) is 5.10. The van der Waals surface area contributed by atoms with E-state index in [1.807, 2.05) is 0 Å². The second-order valence-electron chi connectivity index (χ2n) is 4.63. The lowest BCUT2D eigenvalue weighted by Crippen LogP contribution is -2.22. The van der Waals surface area contributed by atoms with E-state index in [9.17, 15) is 27.1 Å². The van der Waals surface area contributed by atoms with Crippen LogP contribution in [0.2, 0.25) is 0 Å². The Morgan fingerprint density at radius 1 is 0.842 bits per heavy atom. The number of hydrogen-bond acceptors (Lipinski definition) is 3. The van der Waals surface area contributed by atoms with E-state index in [0.29, 0.717) is 0 Å². The molecule has 0 bridgehead atoms. The first kappa shape index (κ1) is 15.8. The second kappa shape index (κ2) is 5.40. The molecule has 0 aromatic heterocycles. The SMILES string of the molecule is CC(C)(C)OO[C@@H](O)c1c(F)c(F)c(F)c(F)c1F. The fourth-order valence-electron chi connectivity index (χ4n) is 1.08. The van der Waals surface area contributed by atoms with Gasteiger partial charge in [0.25, 0.3) is 0 Å². The van der Waals surface area contributed by atoms with Crippen molar-refractivity contribution in [2.45, 2.75) is 32.7 Å². The summed E-state index contributed by atoms with van der Waals surface area (Å²) in [5.74, 6) is -11.0. The molecule has 0 spiro atoms. The van der Waals surface area contributed by atoms with Gasteiger partial charge in [0.2, 0.25) is 12.1 Å².